The molecule has 0 fully saturated rings. The SMILES string of the molecule is C#CCNC(=O)OC(C)(C)C.COC(=O)c1cc2c(cc1CS(C)(=O)=O)-c1cn(C)c(=O)c3[nH]cc(c13)CN2c1ncc(C#CCNC(=O)OC(C)(C)C)cc1F.COC(=O)c1cc2c(cc1CS(C)(=O)=O)-c1cn(C)c(=O)c3[nH]cc(c13)CN2c1ncc(Cl)cc1F.[CH3-].[Pd]. The van der Waals surface area contributed by atoms with Crippen molar-refractivity contribution in [2.24, 2.45) is 14.1 Å². The minimum atomic E-state index is -3.59. The fraction of sp³-hybridized carbons (Fsp3) is 0.308. The number of hydrogen-bond donors (Lipinski definition) is 4. The number of halogens is 3. The average molecular weight is 1460 g/mol. The molecular weight excluding hydrogens is 1390 g/mol. The van der Waals surface area contributed by atoms with E-state index in [0.29, 0.717) is 66.6 Å². The summed E-state index contributed by atoms with van der Waals surface area (Å²) in [5.41, 5.74) is 3.91. The molecule has 10 rings (SSSR count). The first-order valence-electron chi connectivity index (χ1n) is 28.1. The van der Waals surface area contributed by atoms with Gasteiger partial charge in [0.2, 0.25) is 0 Å². The Balaban J connectivity index is 0.000000260. The number of methoxy groups -OCH3 is 2. The fourth-order valence-corrected chi connectivity index (χ4v) is 12.0. The van der Waals surface area contributed by atoms with E-state index in [1.165, 1.54) is 53.9 Å². The molecule has 2 aliphatic heterocycles. The second kappa shape index (κ2) is 29.5. The number of nitrogens with zero attached hydrogens (tertiary/aromatic N) is 6. The third-order valence-corrected chi connectivity index (χ3v) is 15.8. The molecule has 0 radical (unpaired) electrons. The Morgan fingerprint density at radius 3 is 1.45 bits per heavy atom. The molecule has 0 unspecified atom stereocenters. The molecule has 0 saturated carbocycles. The molecule has 4 N–H and O–H groups in total. The number of nitrogens with one attached hydrogen (secondary N) is 4. The van der Waals surface area contributed by atoms with Gasteiger partial charge in [-0.3, -0.25) is 9.59 Å². The number of sulfone groups is 2. The van der Waals surface area contributed by atoms with E-state index in [4.69, 9.17) is 37.0 Å². The average Bonchev–Trinajstić information content (AvgIpc) is 1.61. The number of aryl methyl sites for hydroxylation is 2. The largest absolute Gasteiger partial charge is 0.465 e. The van der Waals surface area contributed by atoms with Crippen molar-refractivity contribution in [3.05, 3.63) is 157 Å². The Morgan fingerprint density at radius 2 is 1.07 bits per heavy atom. The third kappa shape index (κ3) is 17.5. The van der Waals surface area contributed by atoms with Crippen LogP contribution in [-0.2, 0) is 97.7 Å². The number of aromatic nitrogens is 6. The van der Waals surface area contributed by atoms with Crippen LogP contribution in [0.25, 0.3) is 44.1 Å². The summed E-state index contributed by atoms with van der Waals surface area (Å²) < 4.78 is 103. The van der Waals surface area contributed by atoms with Crippen molar-refractivity contribution in [3.63, 3.8) is 0 Å². The Kier molecular flexibility index (Phi) is 23.2. The zero-order valence-electron chi connectivity index (χ0n) is 53.9. The van der Waals surface area contributed by atoms with E-state index < -0.39 is 78.1 Å². The Labute approximate surface area is 565 Å². The van der Waals surface area contributed by atoms with E-state index in [2.05, 4.69) is 48.3 Å². The van der Waals surface area contributed by atoms with E-state index in [1.54, 1.807) is 102 Å². The van der Waals surface area contributed by atoms with Crippen LogP contribution in [0.1, 0.15) is 90.1 Å². The van der Waals surface area contributed by atoms with Crippen molar-refractivity contribution in [2.75, 3.05) is 49.6 Å². The maximum absolute atomic E-state index is 15.9. The minimum absolute atomic E-state index is 0. The summed E-state index contributed by atoms with van der Waals surface area (Å²) in [5, 5.41) is 6.21. The number of hydrogen-bond acceptors (Lipinski definition) is 18. The predicted octanol–water partition coefficient (Wildman–Crippen LogP) is 9.22. The van der Waals surface area contributed by atoms with E-state index >= 15 is 8.78 Å². The van der Waals surface area contributed by atoms with Crippen molar-refractivity contribution in [1.29, 1.82) is 0 Å². The summed E-state index contributed by atoms with van der Waals surface area (Å²) in [5.74, 6) is 3.81. The van der Waals surface area contributed by atoms with Crippen LogP contribution in [0, 0.1) is 43.2 Å². The monoisotopic (exact) mass is 1460 g/mol. The number of anilines is 4. The van der Waals surface area contributed by atoms with Gasteiger partial charge in [0, 0.05) is 123 Å². The van der Waals surface area contributed by atoms with Crippen molar-refractivity contribution < 1.29 is 84.2 Å². The number of amides is 2. The maximum Gasteiger partial charge on any atom is 0.408 e. The Morgan fingerprint density at radius 1 is 0.663 bits per heavy atom. The normalized spacial score (nSPS) is 12.1. The van der Waals surface area contributed by atoms with Gasteiger partial charge < -0.3 is 65.9 Å². The molecule has 0 saturated heterocycles. The van der Waals surface area contributed by atoms with Crippen LogP contribution in [0.5, 0.6) is 0 Å². The summed E-state index contributed by atoms with van der Waals surface area (Å²) in [6.07, 6.45) is 15.2. The zero-order valence-corrected chi connectivity index (χ0v) is 57.9. The van der Waals surface area contributed by atoms with Gasteiger partial charge in [-0.1, -0.05) is 29.4 Å². The molecule has 30 heteroatoms. The van der Waals surface area contributed by atoms with E-state index in [-0.39, 0.29) is 110 Å². The number of carbonyl (C=O) groups is 4. The quantitative estimate of drug-likeness (QED) is 0.0326. The number of ether oxygens (including phenoxy) is 4. The van der Waals surface area contributed by atoms with Crippen LogP contribution in [0.2, 0.25) is 5.02 Å². The zero-order chi connectivity index (χ0) is 68.4. The Hall–Kier alpha value is -9.37. The van der Waals surface area contributed by atoms with E-state index in [9.17, 15) is 45.6 Å². The van der Waals surface area contributed by atoms with Crippen LogP contribution < -0.4 is 31.6 Å². The number of pyridine rings is 4. The number of esters is 2. The number of H-pyrrole nitrogens is 2. The maximum atomic E-state index is 15.9. The molecule has 24 nitrogen and oxygen atoms in total. The number of rotatable bonds is 10. The van der Waals surface area contributed by atoms with Crippen LogP contribution >= 0.6 is 11.6 Å². The Bertz CT molecular complexity index is 4840. The molecule has 2 amide bonds. The summed E-state index contributed by atoms with van der Waals surface area (Å²) in [6.45, 7) is 10.9. The molecule has 2 aliphatic rings. The third-order valence-electron chi connectivity index (χ3n) is 13.9. The van der Waals surface area contributed by atoms with Gasteiger partial charge >= 0.3 is 24.1 Å². The van der Waals surface area contributed by atoms with Crippen molar-refractivity contribution in [3.8, 4) is 46.4 Å². The summed E-state index contributed by atoms with van der Waals surface area (Å²) in [7, 11) is -1.57. The number of carbonyl (C=O) groups excluding carboxylic acids is 4. The van der Waals surface area contributed by atoms with Gasteiger partial charge in [-0.2, -0.15) is 0 Å². The van der Waals surface area contributed by atoms with Gasteiger partial charge in [-0.05, 0) is 100 Å². The first-order chi connectivity index (χ1) is 43.5. The molecule has 0 bridgehead atoms. The van der Waals surface area contributed by atoms with Gasteiger partial charge in [-0.25, -0.2) is 54.8 Å². The first-order valence-corrected chi connectivity index (χ1v) is 32.6. The topological polar surface area (TPSA) is 305 Å². The van der Waals surface area contributed by atoms with Crippen molar-refractivity contribution in [2.45, 2.75) is 77.3 Å². The number of terminal acetylenes is 1. The molecule has 0 aliphatic carbocycles. The number of aromatic amines is 2. The second-order valence-electron chi connectivity index (χ2n) is 23.6. The van der Waals surface area contributed by atoms with Crippen molar-refractivity contribution in [1.82, 2.24) is 39.7 Å². The van der Waals surface area contributed by atoms with Crippen LogP contribution in [-0.4, -0.2) is 121 Å². The van der Waals surface area contributed by atoms with Crippen molar-refractivity contribution >= 4 is 100 Å². The van der Waals surface area contributed by atoms with Gasteiger partial charge in [0.05, 0.1) is 79.4 Å². The molecule has 8 aromatic rings. The van der Waals surface area contributed by atoms with Gasteiger partial charge in [0.1, 0.15) is 22.2 Å². The predicted molar refractivity (Wildman–Crippen MR) is 353 cm³/mol. The first kappa shape index (κ1) is 74.7. The van der Waals surface area contributed by atoms with Gasteiger partial charge in [0.25, 0.3) is 11.1 Å². The number of benzene rings is 2. The van der Waals surface area contributed by atoms with E-state index in [0.717, 1.165) is 18.6 Å². The molecule has 2 aromatic carbocycles. The summed E-state index contributed by atoms with van der Waals surface area (Å²) in [4.78, 5) is 91.8. The second-order valence-corrected chi connectivity index (χ2v) is 28.3. The van der Waals surface area contributed by atoms with Gasteiger partial charge in [-0.15, -0.1) is 6.42 Å². The number of alkyl carbamates (subject to hydrolysis) is 2. The molecule has 506 valence electrons. The van der Waals surface area contributed by atoms with Crippen LogP contribution in [0.15, 0.2) is 83.2 Å². The summed E-state index contributed by atoms with van der Waals surface area (Å²) >= 11 is 5.93. The molecule has 8 heterocycles. The minimum Gasteiger partial charge on any atom is -0.465 e. The van der Waals surface area contributed by atoms with E-state index in [1.807, 2.05) is 0 Å². The molecule has 95 heavy (non-hydrogen) atoms. The van der Waals surface area contributed by atoms with Crippen LogP contribution in [0.3, 0.4) is 0 Å². The molecule has 0 spiro atoms. The molecular formula is C65H68ClF2N10O14PdS2-. The number of fused-ring (bicyclic) bond motifs is 4. The molecule has 0 atom stereocenters. The fourth-order valence-electron chi connectivity index (χ4n) is 10.3. The molecule has 6 aromatic heterocycles. The summed E-state index contributed by atoms with van der Waals surface area (Å²) in [6, 6.07) is 8.40. The standard InChI is InChI=1S/C32H32FN5O7S.C24H20ClFN4O5S.C8H13NO2.CH3.Pd/c1-32(2,3)45-31(41)34-9-7-8-18-10-24(33)28(36-13-18)38-15-20-14-35-27-26(20)23(16-37(4)29(27)39)22-11-19(17-46(6,42)43)21(12-25(22)38)30(40)44-5;1-29-10-17-16-4-12(11-36(3,33)34)15(24(32)35-2)6-19(16)30(22-18(26)5-14(25)8-28-22)9-13-7-27-21(20(13)17)23(29)31;1-5-6-9-7(10)11-8(2,3)4;;/h10-14,16,35H,9,15,17H2,1-6H3,(H,34,41);4-8,10,27H,9,11H2,1-3H3;1H,6H2,2-4H3,(H,9,10);1H3;/q;;;-1;. The van der Waals surface area contributed by atoms with Gasteiger partial charge in [0.15, 0.2) is 42.9 Å². The van der Waals surface area contributed by atoms with Crippen LogP contribution in [0.4, 0.5) is 41.4 Å². The smallest absolute Gasteiger partial charge is 0.408 e.